The molecular weight excluding hydrogens is 767 g/mol. The van der Waals surface area contributed by atoms with E-state index in [2.05, 4.69) is 79.9 Å². The van der Waals surface area contributed by atoms with Gasteiger partial charge in [0.15, 0.2) is 0 Å². The summed E-state index contributed by atoms with van der Waals surface area (Å²) in [6.07, 6.45) is 64.1. The van der Waals surface area contributed by atoms with Crippen molar-refractivity contribution in [3.8, 4) is 0 Å². The van der Waals surface area contributed by atoms with Crippen LogP contribution in [0.2, 0.25) is 0 Å². The molecular formula is C56H103NO5. The van der Waals surface area contributed by atoms with E-state index in [4.69, 9.17) is 0 Å². The van der Waals surface area contributed by atoms with Crippen LogP contribution in [0.3, 0.4) is 0 Å². The van der Waals surface area contributed by atoms with E-state index < -0.39 is 36.9 Å². The topological polar surface area (TPSA) is 110 Å². The Hall–Kier alpha value is -1.99. The molecule has 0 aromatic heterocycles. The molecule has 6 heteroatoms. The third-order valence-electron chi connectivity index (χ3n) is 12.2. The summed E-state index contributed by atoms with van der Waals surface area (Å²) in [5.74, 6) is -0.602. The largest absolute Gasteiger partial charge is 0.394 e. The zero-order valence-corrected chi connectivity index (χ0v) is 40.9. The van der Waals surface area contributed by atoms with Gasteiger partial charge in [-0.1, -0.05) is 222 Å². The summed E-state index contributed by atoms with van der Waals surface area (Å²) in [6, 6.07) is -1.02. The molecule has 0 aliphatic rings. The van der Waals surface area contributed by atoms with Crippen LogP contribution in [0.5, 0.6) is 0 Å². The van der Waals surface area contributed by atoms with E-state index in [1.165, 1.54) is 167 Å². The summed E-state index contributed by atoms with van der Waals surface area (Å²) in [5, 5.41) is 43.9. The van der Waals surface area contributed by atoms with Crippen LogP contribution in [0.15, 0.2) is 60.8 Å². The van der Waals surface area contributed by atoms with Crippen LogP contribution in [0, 0.1) is 0 Å². The number of hydrogen-bond donors (Lipinski definition) is 5. The fourth-order valence-corrected chi connectivity index (χ4v) is 7.94. The second-order valence-corrected chi connectivity index (χ2v) is 18.2. The maximum Gasteiger partial charge on any atom is 0.249 e. The van der Waals surface area contributed by atoms with Crippen LogP contribution < -0.4 is 5.32 Å². The van der Waals surface area contributed by atoms with Crippen molar-refractivity contribution < 1.29 is 25.2 Å². The first-order chi connectivity index (χ1) is 30.5. The third-order valence-corrected chi connectivity index (χ3v) is 12.2. The molecule has 0 fully saturated rings. The van der Waals surface area contributed by atoms with E-state index in [1.807, 2.05) is 0 Å². The predicted molar refractivity (Wildman–Crippen MR) is 270 cm³/mol. The van der Waals surface area contributed by atoms with E-state index in [0.717, 1.165) is 57.8 Å². The van der Waals surface area contributed by atoms with Crippen molar-refractivity contribution in [3.63, 3.8) is 0 Å². The first-order valence-corrected chi connectivity index (χ1v) is 26.7. The van der Waals surface area contributed by atoms with Crippen LogP contribution in [-0.2, 0) is 4.79 Å². The standard InChI is InChI=1S/C56H103NO5/c1-3-5-7-9-11-13-15-17-19-21-23-25-26-27-28-29-30-32-34-36-38-40-42-44-46-48-50-54(60)56(62)57-52(51-58)55(61)53(59)49-47-45-43-41-39-37-35-33-31-24-22-20-18-16-14-12-10-8-6-4-2/h20,22-23,25,27-28,33,35,41,43,52-55,58-61H,3-19,21,24,26,29-32,34,36-40,42,44-51H2,1-2H3,(H,57,62)/b22-20+,25-23-,28-27-,35-33+,43-41+. The van der Waals surface area contributed by atoms with Gasteiger partial charge >= 0.3 is 0 Å². The average Bonchev–Trinajstić information content (AvgIpc) is 3.28. The smallest absolute Gasteiger partial charge is 0.249 e. The van der Waals surface area contributed by atoms with Crippen molar-refractivity contribution in [1.29, 1.82) is 0 Å². The quantitative estimate of drug-likeness (QED) is 0.0309. The maximum atomic E-state index is 12.6. The Balaban J connectivity index is 3.75. The second-order valence-electron chi connectivity index (χ2n) is 18.2. The number of carbonyl (C=O) groups is 1. The minimum Gasteiger partial charge on any atom is -0.394 e. The molecule has 6 nitrogen and oxygen atoms in total. The number of aliphatic hydroxyl groups is 4. The van der Waals surface area contributed by atoms with Gasteiger partial charge in [-0.25, -0.2) is 0 Å². The predicted octanol–water partition coefficient (Wildman–Crippen LogP) is 15.2. The SMILES string of the molecule is CCCCCCCCC/C=C/CC/C=C/CC/C=C/CCCC(O)C(O)C(CO)NC(=O)C(O)CCCCCCCCCCCC/C=C\C/C=C\CCCCCCCCCCC. The number of rotatable bonds is 48. The molecule has 0 saturated carbocycles. The molecule has 5 N–H and O–H groups in total. The van der Waals surface area contributed by atoms with Crippen molar-refractivity contribution in [2.75, 3.05) is 6.61 Å². The van der Waals surface area contributed by atoms with Crippen molar-refractivity contribution in [2.24, 2.45) is 0 Å². The van der Waals surface area contributed by atoms with Gasteiger partial charge in [0.2, 0.25) is 5.91 Å². The molecule has 4 unspecified atom stereocenters. The molecule has 4 atom stereocenters. The molecule has 0 aromatic carbocycles. The Bertz CT molecular complexity index is 1070. The fourth-order valence-electron chi connectivity index (χ4n) is 7.94. The van der Waals surface area contributed by atoms with Gasteiger partial charge in [0.05, 0.1) is 18.8 Å². The summed E-state index contributed by atoms with van der Waals surface area (Å²) in [4.78, 5) is 12.6. The molecule has 0 aliphatic heterocycles. The number of amides is 1. The monoisotopic (exact) mass is 870 g/mol. The molecule has 362 valence electrons. The second kappa shape index (κ2) is 50.0. The fraction of sp³-hybridized carbons (Fsp3) is 0.804. The molecule has 0 radical (unpaired) electrons. The number of aliphatic hydroxyl groups excluding tert-OH is 4. The molecule has 1 amide bonds. The van der Waals surface area contributed by atoms with Crippen LogP contribution in [0.25, 0.3) is 0 Å². The maximum absolute atomic E-state index is 12.6. The van der Waals surface area contributed by atoms with Crippen molar-refractivity contribution >= 4 is 5.91 Å². The summed E-state index contributed by atoms with van der Waals surface area (Å²) in [6.45, 7) is 4.04. The van der Waals surface area contributed by atoms with Crippen molar-refractivity contribution in [1.82, 2.24) is 5.32 Å². The van der Waals surface area contributed by atoms with Gasteiger partial charge in [-0.3, -0.25) is 4.79 Å². The van der Waals surface area contributed by atoms with E-state index >= 15 is 0 Å². The number of allylic oxidation sites excluding steroid dienone is 10. The Labute approximate surface area is 384 Å². The third kappa shape index (κ3) is 43.3. The molecule has 0 spiro atoms. The number of unbranched alkanes of at least 4 members (excludes halogenated alkanes) is 29. The summed E-state index contributed by atoms with van der Waals surface area (Å²) in [7, 11) is 0. The van der Waals surface area contributed by atoms with Crippen LogP contribution in [-0.4, -0.2) is 57.3 Å². The van der Waals surface area contributed by atoms with Crippen molar-refractivity contribution in [3.05, 3.63) is 60.8 Å². The first kappa shape index (κ1) is 60.0. The highest BCUT2D eigenvalue weighted by atomic mass is 16.3. The van der Waals surface area contributed by atoms with E-state index in [-0.39, 0.29) is 0 Å². The van der Waals surface area contributed by atoms with E-state index in [1.54, 1.807) is 0 Å². The summed E-state index contributed by atoms with van der Waals surface area (Å²) < 4.78 is 0. The van der Waals surface area contributed by atoms with Gasteiger partial charge in [0.1, 0.15) is 12.2 Å². The minimum atomic E-state index is -1.30. The van der Waals surface area contributed by atoms with Crippen molar-refractivity contribution in [2.45, 2.75) is 282 Å². The Kier molecular flexibility index (Phi) is 48.4. The van der Waals surface area contributed by atoms with Crippen LogP contribution in [0.1, 0.15) is 258 Å². The minimum absolute atomic E-state index is 0.353. The molecule has 0 rings (SSSR count). The van der Waals surface area contributed by atoms with Gasteiger partial charge in [-0.15, -0.1) is 0 Å². The van der Waals surface area contributed by atoms with E-state index in [9.17, 15) is 25.2 Å². The van der Waals surface area contributed by atoms with Gasteiger partial charge in [0.25, 0.3) is 0 Å². The van der Waals surface area contributed by atoms with E-state index in [0.29, 0.717) is 19.3 Å². The zero-order valence-electron chi connectivity index (χ0n) is 40.9. The first-order valence-electron chi connectivity index (χ1n) is 26.7. The summed E-state index contributed by atoms with van der Waals surface area (Å²) in [5.41, 5.74) is 0. The summed E-state index contributed by atoms with van der Waals surface area (Å²) >= 11 is 0. The average molecular weight is 870 g/mol. The zero-order chi connectivity index (χ0) is 45.2. The normalized spacial score (nSPS) is 14.4. The molecule has 0 saturated heterocycles. The lowest BCUT2D eigenvalue weighted by atomic mass is 10.00. The lowest BCUT2D eigenvalue weighted by Crippen LogP contribution is -2.53. The lowest BCUT2D eigenvalue weighted by molar-refractivity contribution is -0.132. The Morgan fingerprint density at radius 3 is 1.11 bits per heavy atom. The van der Waals surface area contributed by atoms with Crippen LogP contribution in [0.4, 0.5) is 0 Å². The molecule has 0 aromatic rings. The van der Waals surface area contributed by atoms with Gasteiger partial charge < -0.3 is 25.7 Å². The van der Waals surface area contributed by atoms with Gasteiger partial charge in [-0.2, -0.15) is 0 Å². The van der Waals surface area contributed by atoms with Gasteiger partial charge in [-0.05, 0) is 96.3 Å². The highest BCUT2D eigenvalue weighted by Crippen LogP contribution is 2.15. The molecule has 0 bridgehead atoms. The lowest BCUT2D eigenvalue weighted by Gasteiger charge is -2.27. The Morgan fingerprint density at radius 1 is 0.403 bits per heavy atom. The van der Waals surface area contributed by atoms with Gasteiger partial charge in [0, 0.05) is 0 Å². The molecule has 62 heavy (non-hydrogen) atoms. The Morgan fingerprint density at radius 2 is 0.726 bits per heavy atom. The van der Waals surface area contributed by atoms with Crippen LogP contribution >= 0.6 is 0 Å². The highest BCUT2D eigenvalue weighted by molar-refractivity contribution is 5.80. The number of hydrogen-bond acceptors (Lipinski definition) is 5. The molecule has 0 aliphatic carbocycles. The number of nitrogens with one attached hydrogen (secondary N) is 1. The number of carbonyl (C=O) groups excluding carboxylic acids is 1. The highest BCUT2D eigenvalue weighted by Gasteiger charge is 2.28. The molecule has 0 heterocycles.